The van der Waals surface area contributed by atoms with Crippen molar-refractivity contribution in [2.24, 2.45) is 16.5 Å². The van der Waals surface area contributed by atoms with Gasteiger partial charge in [0.1, 0.15) is 11.6 Å². The minimum Gasteiger partial charge on any atom is -0.423 e. The zero-order valence-corrected chi connectivity index (χ0v) is 15.6. The Balaban J connectivity index is 1.76. The number of amidine groups is 1. The first-order chi connectivity index (χ1) is 13.3. The molecule has 0 bridgehead atoms. The Morgan fingerprint density at radius 2 is 1.54 bits per heavy atom. The Morgan fingerprint density at radius 3 is 2.18 bits per heavy atom. The average Bonchev–Trinajstić information content (AvgIpc) is 2.67. The molecule has 0 spiro atoms. The van der Waals surface area contributed by atoms with Gasteiger partial charge in [-0.25, -0.2) is 9.79 Å². The predicted octanol–water partition coefficient (Wildman–Crippen LogP) is 2.85. The molecule has 142 valence electrons. The number of nitrogens with one attached hydrogen (secondary N) is 1. The number of aliphatic imine (C=N–C) groups is 1. The van der Waals surface area contributed by atoms with E-state index in [1.54, 1.807) is 61.5 Å². The number of hydrogen-bond acceptors (Lipinski definition) is 4. The number of nitrogen functional groups attached to an aromatic ring is 1. The number of nitrogens with two attached hydrogens (primary N) is 2. The van der Waals surface area contributed by atoms with Crippen molar-refractivity contribution < 1.29 is 9.53 Å². The van der Waals surface area contributed by atoms with Crippen molar-refractivity contribution in [3.63, 3.8) is 0 Å². The Hall–Kier alpha value is -3.87. The lowest BCUT2D eigenvalue weighted by molar-refractivity contribution is 0.0735. The minimum atomic E-state index is -0.462. The number of nitrogens with zero attached hydrogens (tertiary/aromatic N) is 2. The van der Waals surface area contributed by atoms with E-state index in [9.17, 15) is 4.79 Å². The lowest BCUT2D eigenvalue weighted by atomic mass is 10.1. The topological polar surface area (TPSA) is 118 Å². The van der Waals surface area contributed by atoms with E-state index in [0.717, 1.165) is 10.8 Å². The molecule has 0 amide bonds. The fourth-order valence-electron chi connectivity index (χ4n) is 2.53. The first-order valence-corrected chi connectivity index (χ1v) is 8.55. The first-order valence-electron chi connectivity index (χ1n) is 8.55. The van der Waals surface area contributed by atoms with Crippen molar-refractivity contribution in [1.29, 1.82) is 5.41 Å². The minimum absolute atomic E-state index is 0.0116. The second kappa shape index (κ2) is 7.79. The van der Waals surface area contributed by atoms with Gasteiger partial charge in [-0.05, 0) is 53.2 Å². The molecule has 0 saturated heterocycles. The van der Waals surface area contributed by atoms with E-state index in [-0.39, 0.29) is 5.84 Å². The number of hydrogen-bond donors (Lipinski definition) is 3. The quantitative estimate of drug-likeness (QED) is 0.280. The maximum absolute atomic E-state index is 12.4. The van der Waals surface area contributed by atoms with Crippen molar-refractivity contribution in [2.45, 2.75) is 0 Å². The van der Waals surface area contributed by atoms with Crippen LogP contribution < -0.4 is 16.2 Å². The summed E-state index contributed by atoms with van der Waals surface area (Å²) < 4.78 is 5.47. The average molecular weight is 375 g/mol. The van der Waals surface area contributed by atoms with Gasteiger partial charge in [0.2, 0.25) is 0 Å². The third-order valence-electron chi connectivity index (χ3n) is 4.14. The summed E-state index contributed by atoms with van der Waals surface area (Å²) >= 11 is 0. The Labute approximate surface area is 162 Å². The molecule has 0 unspecified atom stereocenters. The van der Waals surface area contributed by atoms with E-state index in [2.05, 4.69) is 4.99 Å². The fraction of sp³-hybridized carbons (Fsp3) is 0.0952. The fourth-order valence-corrected chi connectivity index (χ4v) is 2.53. The molecule has 0 aliphatic rings. The van der Waals surface area contributed by atoms with Gasteiger partial charge in [-0.15, -0.1) is 0 Å². The highest BCUT2D eigenvalue weighted by atomic mass is 16.5. The molecule has 0 heterocycles. The number of esters is 1. The number of carbonyl (C=O) groups excluding carboxylic acids is 1. The molecule has 0 radical (unpaired) electrons. The zero-order chi connectivity index (χ0) is 20.3. The van der Waals surface area contributed by atoms with Gasteiger partial charge in [0.05, 0.1) is 11.3 Å². The van der Waals surface area contributed by atoms with Crippen LogP contribution in [0.3, 0.4) is 0 Å². The molecule has 0 aromatic heterocycles. The summed E-state index contributed by atoms with van der Waals surface area (Å²) in [5, 5.41) is 9.30. The number of ether oxygens (including phenoxy) is 1. The van der Waals surface area contributed by atoms with Gasteiger partial charge in [0, 0.05) is 19.7 Å². The van der Waals surface area contributed by atoms with Gasteiger partial charge >= 0.3 is 5.97 Å². The van der Waals surface area contributed by atoms with E-state index in [1.165, 1.54) is 0 Å². The molecule has 5 N–H and O–H groups in total. The Kier molecular flexibility index (Phi) is 5.26. The number of benzene rings is 3. The number of rotatable bonds is 4. The predicted molar refractivity (Wildman–Crippen MR) is 111 cm³/mol. The first kappa shape index (κ1) is 18.9. The zero-order valence-electron chi connectivity index (χ0n) is 15.6. The molecule has 3 aromatic carbocycles. The van der Waals surface area contributed by atoms with Crippen molar-refractivity contribution in [2.75, 3.05) is 14.1 Å². The maximum Gasteiger partial charge on any atom is 0.343 e. The van der Waals surface area contributed by atoms with Gasteiger partial charge in [-0.1, -0.05) is 18.2 Å². The summed E-state index contributed by atoms with van der Waals surface area (Å²) in [5.74, 6) is 0.361. The van der Waals surface area contributed by atoms with Crippen LogP contribution in [0.25, 0.3) is 10.8 Å². The standard InChI is InChI=1S/C21H21N5O2/c1-26(2)21(24)25-17-8-5-13(6-9-17)20(27)28-18-10-7-14-11-16(19(22)23)4-3-15(14)12-18/h3-12H,1-2H3,(H3,22,23)(H2,24,25). The molecule has 0 saturated carbocycles. The highest BCUT2D eigenvalue weighted by molar-refractivity contribution is 5.99. The SMILES string of the molecule is CN(C)C(N)=Nc1ccc(C(=O)Oc2ccc3cc(C(=N)N)ccc3c2)cc1. The van der Waals surface area contributed by atoms with Crippen LogP contribution in [0.1, 0.15) is 15.9 Å². The molecular weight excluding hydrogens is 354 g/mol. The molecule has 3 aromatic rings. The molecular formula is C21H21N5O2. The Bertz CT molecular complexity index is 1070. The second-order valence-electron chi connectivity index (χ2n) is 6.44. The van der Waals surface area contributed by atoms with Crippen molar-refractivity contribution in [3.8, 4) is 5.75 Å². The summed E-state index contributed by atoms with van der Waals surface area (Å²) in [7, 11) is 3.60. The smallest absolute Gasteiger partial charge is 0.343 e. The van der Waals surface area contributed by atoms with Gasteiger partial charge in [-0.3, -0.25) is 5.41 Å². The lowest BCUT2D eigenvalue weighted by Crippen LogP contribution is -2.29. The monoisotopic (exact) mass is 375 g/mol. The molecule has 7 heteroatoms. The molecule has 0 atom stereocenters. The summed E-state index contributed by atoms with van der Waals surface area (Å²) in [6.07, 6.45) is 0. The van der Waals surface area contributed by atoms with Crippen LogP contribution in [0.2, 0.25) is 0 Å². The third-order valence-corrected chi connectivity index (χ3v) is 4.14. The van der Waals surface area contributed by atoms with Crippen LogP contribution in [0.5, 0.6) is 5.75 Å². The molecule has 3 rings (SSSR count). The van der Waals surface area contributed by atoms with E-state index in [0.29, 0.717) is 28.5 Å². The van der Waals surface area contributed by atoms with Gasteiger partial charge in [-0.2, -0.15) is 0 Å². The largest absolute Gasteiger partial charge is 0.423 e. The van der Waals surface area contributed by atoms with Crippen molar-refractivity contribution in [3.05, 3.63) is 71.8 Å². The van der Waals surface area contributed by atoms with Crippen molar-refractivity contribution in [1.82, 2.24) is 4.90 Å². The van der Waals surface area contributed by atoms with Gasteiger partial charge in [0.15, 0.2) is 5.96 Å². The highest BCUT2D eigenvalue weighted by Crippen LogP contribution is 2.23. The van der Waals surface area contributed by atoms with Crippen molar-refractivity contribution >= 4 is 34.2 Å². The van der Waals surface area contributed by atoms with Crippen LogP contribution >= 0.6 is 0 Å². The van der Waals surface area contributed by atoms with E-state index < -0.39 is 5.97 Å². The maximum atomic E-state index is 12.4. The highest BCUT2D eigenvalue weighted by Gasteiger charge is 2.10. The molecule has 28 heavy (non-hydrogen) atoms. The van der Waals surface area contributed by atoms with E-state index in [4.69, 9.17) is 21.6 Å². The van der Waals surface area contributed by atoms with E-state index >= 15 is 0 Å². The normalized spacial score (nSPS) is 11.3. The van der Waals surface area contributed by atoms with E-state index in [1.807, 2.05) is 18.2 Å². The number of carbonyl (C=O) groups is 1. The molecule has 7 nitrogen and oxygen atoms in total. The number of fused-ring (bicyclic) bond motifs is 1. The molecule has 0 aliphatic heterocycles. The van der Waals surface area contributed by atoms with Crippen LogP contribution in [-0.4, -0.2) is 36.8 Å². The van der Waals surface area contributed by atoms with Crippen LogP contribution in [0.15, 0.2) is 65.7 Å². The summed E-state index contributed by atoms with van der Waals surface area (Å²) in [6, 6.07) is 17.4. The van der Waals surface area contributed by atoms with Crippen LogP contribution in [0, 0.1) is 5.41 Å². The second-order valence-corrected chi connectivity index (χ2v) is 6.44. The lowest BCUT2D eigenvalue weighted by Gasteiger charge is -2.10. The van der Waals surface area contributed by atoms with Crippen LogP contribution in [-0.2, 0) is 0 Å². The molecule has 0 fully saturated rings. The summed E-state index contributed by atoms with van der Waals surface area (Å²) in [6.45, 7) is 0. The Morgan fingerprint density at radius 1 is 0.929 bits per heavy atom. The van der Waals surface area contributed by atoms with Gasteiger partial charge < -0.3 is 21.1 Å². The number of guanidine groups is 1. The summed E-state index contributed by atoms with van der Waals surface area (Å²) in [5.41, 5.74) is 13.0. The van der Waals surface area contributed by atoms with Gasteiger partial charge in [0.25, 0.3) is 0 Å². The molecule has 0 aliphatic carbocycles. The summed E-state index contributed by atoms with van der Waals surface area (Å²) in [4.78, 5) is 18.3. The third kappa shape index (κ3) is 4.27. The van der Waals surface area contributed by atoms with Crippen LogP contribution in [0.4, 0.5) is 5.69 Å².